The second-order valence-electron chi connectivity index (χ2n) is 8.16. The van der Waals surface area contributed by atoms with Gasteiger partial charge >= 0.3 is 0 Å². The summed E-state index contributed by atoms with van der Waals surface area (Å²) < 4.78 is 1.79. The van der Waals surface area contributed by atoms with Crippen LogP contribution in [0.3, 0.4) is 0 Å². The van der Waals surface area contributed by atoms with Gasteiger partial charge in [0.25, 0.3) is 5.56 Å². The molecule has 5 atom stereocenters. The summed E-state index contributed by atoms with van der Waals surface area (Å²) in [5.41, 5.74) is 1.89. The number of fused-ring (bicyclic) bond motifs is 4. The quantitative estimate of drug-likeness (QED) is 0.786. The molecule has 3 heterocycles. The van der Waals surface area contributed by atoms with Crippen molar-refractivity contribution >= 4 is 5.91 Å². The largest absolute Gasteiger partial charge is 0.396 e. The average molecular weight is 396 g/mol. The fourth-order valence-corrected chi connectivity index (χ4v) is 5.17. The highest BCUT2D eigenvalue weighted by atomic mass is 16.3. The molecule has 29 heavy (non-hydrogen) atoms. The van der Waals surface area contributed by atoms with Crippen LogP contribution >= 0.6 is 0 Å². The fourth-order valence-electron chi connectivity index (χ4n) is 5.17. The first-order valence-electron chi connectivity index (χ1n) is 10.5. The molecule has 1 saturated heterocycles. The number of hydrogen-bond acceptors (Lipinski definition) is 4. The molecule has 2 aliphatic rings. The maximum Gasteiger partial charge on any atom is 0.250 e. The molecule has 154 valence electrons. The predicted molar refractivity (Wildman–Crippen MR) is 111 cm³/mol. The van der Waals surface area contributed by atoms with E-state index in [1.165, 1.54) is 0 Å². The first kappa shape index (κ1) is 19.9. The zero-order chi connectivity index (χ0) is 20.5. The number of aliphatic hydroxyl groups excluding tert-OH is 1. The number of pyridine rings is 1. The van der Waals surface area contributed by atoms with Gasteiger partial charge in [-0.25, -0.2) is 0 Å². The van der Waals surface area contributed by atoms with Crippen LogP contribution in [0.2, 0.25) is 0 Å². The monoisotopic (exact) mass is 395 g/mol. The number of rotatable bonds is 6. The Balaban J connectivity index is 1.69. The Morgan fingerprint density at radius 2 is 1.97 bits per heavy atom. The summed E-state index contributed by atoms with van der Waals surface area (Å²) in [5.74, 6) is -0.647. The number of carbonyl (C=O) groups excluding carboxylic acids is 1. The Morgan fingerprint density at radius 1 is 1.21 bits per heavy atom. The van der Waals surface area contributed by atoms with Gasteiger partial charge in [0.2, 0.25) is 5.91 Å². The predicted octanol–water partition coefficient (Wildman–Crippen LogP) is 2.10. The van der Waals surface area contributed by atoms with Gasteiger partial charge in [-0.15, -0.1) is 0 Å². The molecule has 1 amide bonds. The van der Waals surface area contributed by atoms with Gasteiger partial charge in [-0.3, -0.25) is 14.5 Å². The van der Waals surface area contributed by atoms with Crippen LogP contribution in [0.1, 0.15) is 43.6 Å². The van der Waals surface area contributed by atoms with Crippen LogP contribution in [0, 0.1) is 11.8 Å². The van der Waals surface area contributed by atoms with Crippen LogP contribution in [0.4, 0.5) is 0 Å². The first-order chi connectivity index (χ1) is 14.1. The van der Waals surface area contributed by atoms with Gasteiger partial charge in [-0.05, 0) is 31.5 Å². The van der Waals surface area contributed by atoms with Gasteiger partial charge < -0.3 is 15.0 Å². The number of aromatic nitrogens is 1. The number of hydrogen-bond donors (Lipinski definition) is 2. The molecule has 2 bridgehead atoms. The first-order valence-corrected chi connectivity index (χ1v) is 10.5. The molecule has 0 radical (unpaired) electrons. The van der Waals surface area contributed by atoms with E-state index in [4.69, 9.17) is 0 Å². The van der Waals surface area contributed by atoms with Gasteiger partial charge in [0.15, 0.2) is 0 Å². The zero-order valence-corrected chi connectivity index (χ0v) is 17.0. The van der Waals surface area contributed by atoms with Crippen LogP contribution < -0.4 is 10.9 Å². The van der Waals surface area contributed by atoms with E-state index >= 15 is 0 Å². The summed E-state index contributed by atoms with van der Waals surface area (Å²) in [4.78, 5) is 28.2. The standard InChI is InChI=1S/C23H29N3O3/c1-3-12-25-19-13-26-18(10-7-11-20(26)28)22(25)21(17(19)14-27)23(29)24-15(2)16-8-5-4-6-9-16/h4-11,15,17,19,21-22,27H,3,12-14H2,1-2H3,(H,24,29)/t15-,17+,19+,21-,22-/m1/s1. The minimum atomic E-state index is -0.390. The molecule has 1 fully saturated rings. The van der Waals surface area contributed by atoms with Gasteiger partial charge in [0, 0.05) is 36.9 Å². The Hall–Kier alpha value is -2.44. The Bertz CT molecular complexity index is 926. The van der Waals surface area contributed by atoms with Crippen molar-refractivity contribution in [2.75, 3.05) is 13.2 Å². The highest BCUT2D eigenvalue weighted by Gasteiger charge is 2.55. The van der Waals surface area contributed by atoms with Gasteiger partial charge in [0.05, 0.1) is 18.0 Å². The van der Waals surface area contributed by atoms with Crippen molar-refractivity contribution in [2.45, 2.75) is 44.9 Å². The van der Waals surface area contributed by atoms with Crippen molar-refractivity contribution < 1.29 is 9.90 Å². The third kappa shape index (κ3) is 3.40. The molecule has 1 aromatic heterocycles. The Labute approximate surface area is 171 Å². The molecule has 6 heteroatoms. The van der Waals surface area contributed by atoms with E-state index in [2.05, 4.69) is 17.1 Å². The molecule has 6 nitrogen and oxygen atoms in total. The zero-order valence-electron chi connectivity index (χ0n) is 17.0. The highest BCUT2D eigenvalue weighted by Crippen LogP contribution is 2.48. The lowest BCUT2D eigenvalue weighted by Crippen LogP contribution is -2.46. The van der Waals surface area contributed by atoms with Crippen molar-refractivity contribution in [3.63, 3.8) is 0 Å². The number of amides is 1. The lowest BCUT2D eigenvalue weighted by molar-refractivity contribution is -0.128. The van der Waals surface area contributed by atoms with E-state index in [0.29, 0.717) is 6.54 Å². The van der Waals surface area contributed by atoms with Crippen LogP contribution in [-0.2, 0) is 11.3 Å². The topological polar surface area (TPSA) is 74.6 Å². The van der Waals surface area contributed by atoms with Crippen molar-refractivity contribution in [2.24, 2.45) is 11.8 Å². The van der Waals surface area contributed by atoms with Crippen LogP contribution in [-0.4, -0.2) is 39.7 Å². The van der Waals surface area contributed by atoms with Crippen molar-refractivity contribution in [1.29, 1.82) is 0 Å². The molecule has 2 N–H and O–H groups in total. The van der Waals surface area contributed by atoms with E-state index in [0.717, 1.165) is 24.2 Å². The molecule has 2 aromatic rings. The van der Waals surface area contributed by atoms with E-state index in [-0.39, 0.29) is 42.1 Å². The van der Waals surface area contributed by atoms with Crippen molar-refractivity contribution in [3.05, 3.63) is 70.1 Å². The number of nitrogens with one attached hydrogen (secondary N) is 1. The maximum atomic E-state index is 13.4. The summed E-state index contributed by atoms with van der Waals surface area (Å²) in [6, 6.07) is 14.8. The summed E-state index contributed by atoms with van der Waals surface area (Å²) in [5, 5.41) is 13.4. The maximum absolute atomic E-state index is 13.4. The second-order valence-corrected chi connectivity index (χ2v) is 8.16. The van der Waals surface area contributed by atoms with Crippen LogP contribution in [0.25, 0.3) is 0 Å². The molecule has 0 saturated carbocycles. The van der Waals surface area contributed by atoms with Crippen LogP contribution in [0.15, 0.2) is 53.3 Å². The van der Waals surface area contributed by atoms with E-state index in [9.17, 15) is 14.7 Å². The number of carbonyl (C=O) groups is 1. The normalized spacial score (nSPS) is 26.7. The molecule has 0 spiro atoms. The van der Waals surface area contributed by atoms with E-state index in [1.54, 1.807) is 16.7 Å². The summed E-state index contributed by atoms with van der Waals surface area (Å²) >= 11 is 0. The van der Waals surface area contributed by atoms with E-state index < -0.39 is 5.92 Å². The molecular formula is C23H29N3O3. The van der Waals surface area contributed by atoms with E-state index in [1.807, 2.05) is 43.3 Å². The lowest BCUT2D eigenvalue weighted by atomic mass is 9.86. The van der Waals surface area contributed by atoms with Gasteiger partial charge in [-0.1, -0.05) is 43.3 Å². The molecule has 0 aliphatic carbocycles. The molecule has 1 aromatic carbocycles. The smallest absolute Gasteiger partial charge is 0.250 e. The van der Waals surface area contributed by atoms with Crippen LogP contribution in [0.5, 0.6) is 0 Å². The lowest BCUT2D eigenvalue weighted by Gasteiger charge is -2.38. The van der Waals surface area contributed by atoms with Crippen molar-refractivity contribution in [1.82, 2.24) is 14.8 Å². The minimum Gasteiger partial charge on any atom is -0.396 e. The van der Waals surface area contributed by atoms with Crippen molar-refractivity contribution in [3.8, 4) is 0 Å². The molecule has 4 rings (SSSR count). The second kappa shape index (κ2) is 8.13. The van der Waals surface area contributed by atoms with Gasteiger partial charge in [-0.2, -0.15) is 0 Å². The molecule has 2 aliphatic heterocycles. The third-order valence-corrected chi connectivity index (χ3v) is 6.49. The Morgan fingerprint density at radius 3 is 2.66 bits per heavy atom. The minimum absolute atomic E-state index is 0.0136. The number of nitrogens with zero attached hydrogens (tertiary/aromatic N) is 2. The summed E-state index contributed by atoms with van der Waals surface area (Å²) in [7, 11) is 0. The Kier molecular flexibility index (Phi) is 5.56. The highest BCUT2D eigenvalue weighted by molar-refractivity contribution is 5.81. The molecule has 0 unspecified atom stereocenters. The third-order valence-electron chi connectivity index (χ3n) is 6.49. The fraction of sp³-hybridized carbons (Fsp3) is 0.478. The number of aliphatic hydroxyl groups is 1. The number of benzene rings is 1. The summed E-state index contributed by atoms with van der Waals surface area (Å²) in [6.45, 7) is 5.39. The SMILES string of the molecule is CCCN1[C@@H]2c3cccc(=O)n3C[C@H]1[C@H](CO)[C@H]2C(=O)N[C@H](C)c1ccccc1. The average Bonchev–Trinajstić information content (AvgIpc) is 2.94. The van der Waals surface area contributed by atoms with Gasteiger partial charge in [0.1, 0.15) is 0 Å². The molecular weight excluding hydrogens is 366 g/mol. The summed E-state index contributed by atoms with van der Waals surface area (Å²) in [6.07, 6.45) is 0.955.